The van der Waals surface area contributed by atoms with Gasteiger partial charge in [-0.3, -0.25) is 19.7 Å². The number of benzene rings is 2. The molecule has 1 saturated heterocycles. The summed E-state index contributed by atoms with van der Waals surface area (Å²) in [4.78, 5) is 36.6. The molecule has 9 nitrogen and oxygen atoms in total. The van der Waals surface area contributed by atoms with Crippen LogP contribution in [0.5, 0.6) is 11.5 Å². The summed E-state index contributed by atoms with van der Waals surface area (Å²) in [7, 11) is 0. The summed E-state index contributed by atoms with van der Waals surface area (Å²) < 4.78 is 46.7. The van der Waals surface area contributed by atoms with Crippen LogP contribution in [0.25, 0.3) is 0 Å². The first-order valence-corrected chi connectivity index (χ1v) is 12.9. The molecule has 4 rings (SSSR count). The minimum Gasteiger partial charge on any atom is -0.493 e. The first-order valence-electron chi connectivity index (χ1n) is 12.9. The van der Waals surface area contributed by atoms with Gasteiger partial charge in [-0.15, -0.1) is 13.2 Å². The Hall–Kier alpha value is -4.22. The lowest BCUT2D eigenvalue weighted by atomic mass is 9.78. The molecule has 2 amide bonds. The highest BCUT2D eigenvalue weighted by molar-refractivity contribution is 6.01. The molecule has 0 radical (unpaired) electrons. The van der Waals surface area contributed by atoms with Gasteiger partial charge in [-0.1, -0.05) is 12.1 Å². The quantitative estimate of drug-likeness (QED) is 0.232. The van der Waals surface area contributed by atoms with E-state index in [4.69, 9.17) is 10.3 Å². The number of ether oxygens (including phenoxy) is 2. The number of alkyl halides is 3. The van der Waals surface area contributed by atoms with E-state index in [1.165, 1.54) is 30.5 Å². The molecule has 212 valence electrons. The average molecular weight is 559 g/mol. The van der Waals surface area contributed by atoms with Gasteiger partial charge >= 0.3 is 6.36 Å². The van der Waals surface area contributed by atoms with Crippen molar-refractivity contribution in [2.75, 3.05) is 11.9 Å². The summed E-state index contributed by atoms with van der Waals surface area (Å²) in [5, 5.41) is 8.72. The van der Waals surface area contributed by atoms with Crippen molar-refractivity contribution in [2.45, 2.75) is 51.3 Å². The number of Topliss-reactive ketones (excluding diaryl/α,β-unsaturated/α-hetero) is 1. The van der Waals surface area contributed by atoms with Gasteiger partial charge in [0.2, 0.25) is 11.8 Å². The van der Waals surface area contributed by atoms with Crippen molar-refractivity contribution < 1.29 is 37.0 Å². The minimum absolute atomic E-state index is 0.0246. The van der Waals surface area contributed by atoms with Crippen molar-refractivity contribution >= 4 is 23.3 Å². The van der Waals surface area contributed by atoms with E-state index < -0.39 is 6.36 Å². The van der Waals surface area contributed by atoms with E-state index >= 15 is 0 Å². The topological polar surface area (TPSA) is 130 Å². The molecule has 2 atom stereocenters. The number of carbonyl (C=O) groups excluding carboxylic acids is 3. The average Bonchev–Trinajstić information content (AvgIpc) is 2.91. The largest absolute Gasteiger partial charge is 0.573 e. The molecule has 2 unspecified atom stereocenters. The Morgan fingerprint density at radius 1 is 1.05 bits per heavy atom. The molecule has 1 aliphatic carbocycles. The third-order valence-corrected chi connectivity index (χ3v) is 6.98. The highest BCUT2D eigenvalue weighted by Gasteiger charge is 2.33. The van der Waals surface area contributed by atoms with Crippen LogP contribution in [0.2, 0.25) is 0 Å². The van der Waals surface area contributed by atoms with E-state index in [9.17, 15) is 27.6 Å². The summed E-state index contributed by atoms with van der Waals surface area (Å²) in [5.41, 5.74) is 9.68. The SMILES string of the molecule is N=N/C(=C\Nc1ccc(OC(F)(F)F)cc1)CCOc1cccc2c1CCC(CCC1CCC(=O)NC1=O)C2=O. The van der Waals surface area contributed by atoms with Gasteiger partial charge in [-0.05, 0) is 62.4 Å². The summed E-state index contributed by atoms with van der Waals surface area (Å²) >= 11 is 0. The van der Waals surface area contributed by atoms with Crippen LogP contribution in [-0.2, 0) is 16.0 Å². The van der Waals surface area contributed by atoms with Gasteiger partial charge in [0.25, 0.3) is 0 Å². The number of nitrogens with one attached hydrogen (secondary N) is 3. The molecule has 2 aromatic carbocycles. The third-order valence-electron chi connectivity index (χ3n) is 6.98. The molecule has 1 heterocycles. The fourth-order valence-corrected chi connectivity index (χ4v) is 4.90. The normalized spacial score (nSPS) is 19.5. The zero-order valence-corrected chi connectivity index (χ0v) is 21.6. The molecule has 0 saturated carbocycles. The second-order valence-electron chi connectivity index (χ2n) is 9.67. The monoisotopic (exact) mass is 558 g/mol. The highest BCUT2D eigenvalue weighted by atomic mass is 19.4. The standard InChI is InChI=1S/C28H29F3N4O5/c29-28(30,31)40-21-10-8-19(9-11-21)33-16-20(35-32)14-15-39-24-3-1-2-23-22(24)12-6-17(26(23)37)4-5-18-7-13-25(36)34-27(18)38/h1-3,8-11,16-18,32-33H,4-7,12-15H2,(H,34,36,38)/b20-16-,35-32?. The first kappa shape index (κ1) is 28.8. The lowest BCUT2D eigenvalue weighted by Gasteiger charge is -2.27. The fourth-order valence-electron chi connectivity index (χ4n) is 4.90. The van der Waals surface area contributed by atoms with Crippen LogP contribution in [0.15, 0.2) is 59.5 Å². The van der Waals surface area contributed by atoms with Crippen LogP contribution in [0.3, 0.4) is 0 Å². The Morgan fingerprint density at radius 3 is 2.48 bits per heavy atom. The van der Waals surface area contributed by atoms with Crippen molar-refractivity contribution in [3.63, 3.8) is 0 Å². The number of halogens is 3. The van der Waals surface area contributed by atoms with Gasteiger partial charge in [0.05, 0.1) is 12.3 Å². The summed E-state index contributed by atoms with van der Waals surface area (Å²) in [6, 6.07) is 10.5. The molecule has 0 spiro atoms. The zero-order valence-electron chi connectivity index (χ0n) is 21.6. The number of hydrogen-bond donors (Lipinski definition) is 3. The Balaban J connectivity index is 1.29. The number of carbonyl (C=O) groups is 3. The van der Waals surface area contributed by atoms with Crippen LogP contribution in [0.4, 0.5) is 18.9 Å². The Bertz CT molecular complexity index is 1290. The Morgan fingerprint density at radius 2 is 1.77 bits per heavy atom. The number of amides is 2. The molecule has 1 aliphatic heterocycles. The van der Waals surface area contributed by atoms with Gasteiger partial charge in [-0.2, -0.15) is 5.11 Å². The van der Waals surface area contributed by atoms with Gasteiger partial charge in [0.15, 0.2) is 5.78 Å². The molecular weight excluding hydrogens is 529 g/mol. The number of fused-ring (bicyclic) bond motifs is 1. The molecule has 0 aromatic heterocycles. The van der Waals surface area contributed by atoms with Crippen LogP contribution < -0.4 is 20.1 Å². The maximum absolute atomic E-state index is 13.2. The van der Waals surface area contributed by atoms with E-state index in [1.54, 1.807) is 18.2 Å². The fraction of sp³-hybridized carbons (Fsp3) is 0.393. The number of hydrogen-bond acceptors (Lipinski definition) is 8. The second kappa shape index (κ2) is 12.8. The van der Waals surface area contributed by atoms with Crippen molar-refractivity contribution in [3.05, 3.63) is 65.5 Å². The van der Waals surface area contributed by atoms with Gasteiger partial charge in [0, 0.05) is 47.7 Å². The molecule has 40 heavy (non-hydrogen) atoms. The van der Waals surface area contributed by atoms with Gasteiger partial charge in [0.1, 0.15) is 11.5 Å². The number of imide groups is 1. The van der Waals surface area contributed by atoms with Crippen LogP contribution in [0, 0.1) is 17.4 Å². The van der Waals surface area contributed by atoms with E-state index in [1.807, 2.05) is 0 Å². The smallest absolute Gasteiger partial charge is 0.493 e. The minimum atomic E-state index is -4.77. The Labute approximate surface area is 228 Å². The predicted octanol–water partition coefficient (Wildman–Crippen LogP) is 5.92. The molecule has 2 aliphatic rings. The van der Waals surface area contributed by atoms with Crippen molar-refractivity contribution in [3.8, 4) is 11.5 Å². The van der Waals surface area contributed by atoms with Crippen molar-refractivity contribution in [1.29, 1.82) is 5.53 Å². The highest BCUT2D eigenvalue weighted by Crippen LogP contribution is 2.35. The Kier molecular flexibility index (Phi) is 9.18. The van der Waals surface area contributed by atoms with Crippen molar-refractivity contribution in [1.82, 2.24) is 5.32 Å². The van der Waals surface area contributed by atoms with Gasteiger partial charge in [-0.25, -0.2) is 5.53 Å². The maximum atomic E-state index is 13.2. The van der Waals surface area contributed by atoms with E-state index in [2.05, 4.69) is 20.5 Å². The maximum Gasteiger partial charge on any atom is 0.573 e. The van der Waals surface area contributed by atoms with E-state index in [0.29, 0.717) is 61.2 Å². The zero-order chi connectivity index (χ0) is 28.7. The number of piperidine rings is 1. The molecule has 12 heteroatoms. The number of nitrogens with zero attached hydrogens (tertiary/aromatic N) is 1. The third kappa shape index (κ3) is 7.67. The second-order valence-corrected chi connectivity index (χ2v) is 9.67. The van der Waals surface area contributed by atoms with Crippen LogP contribution in [-0.4, -0.2) is 30.6 Å². The molecule has 2 aromatic rings. The van der Waals surface area contributed by atoms with E-state index in [-0.39, 0.29) is 48.2 Å². The van der Waals surface area contributed by atoms with E-state index in [0.717, 1.165) is 5.56 Å². The first-order chi connectivity index (χ1) is 19.1. The number of anilines is 1. The number of rotatable bonds is 11. The molecule has 1 fully saturated rings. The number of ketones is 1. The summed E-state index contributed by atoms with van der Waals surface area (Å²) in [6.07, 6.45) is 0.253. The van der Waals surface area contributed by atoms with Gasteiger partial charge < -0.3 is 14.8 Å². The lowest BCUT2D eigenvalue weighted by molar-refractivity contribution is -0.274. The molecule has 0 bridgehead atoms. The van der Waals surface area contributed by atoms with Crippen molar-refractivity contribution in [2.24, 2.45) is 17.0 Å². The van der Waals surface area contributed by atoms with Crippen LogP contribution in [0.1, 0.15) is 54.4 Å². The lowest BCUT2D eigenvalue weighted by Crippen LogP contribution is -2.41. The predicted molar refractivity (Wildman–Crippen MR) is 138 cm³/mol. The summed E-state index contributed by atoms with van der Waals surface area (Å²) in [5.74, 6) is -0.671. The molecule has 3 N–H and O–H groups in total. The summed E-state index contributed by atoms with van der Waals surface area (Å²) in [6.45, 7) is 0.192. The molecular formula is C28H29F3N4O5. The van der Waals surface area contributed by atoms with Crippen LogP contribution >= 0.6 is 0 Å².